The van der Waals surface area contributed by atoms with Gasteiger partial charge < -0.3 is 0 Å². The SMILES string of the molecule is O=C1[C@H]2CCCC[C@H]2C(=O)N1c1ncn(Cc2cccc(Cl)c2)n1. The van der Waals surface area contributed by atoms with Gasteiger partial charge >= 0.3 is 0 Å². The van der Waals surface area contributed by atoms with E-state index in [1.807, 2.05) is 18.2 Å². The minimum atomic E-state index is -0.189. The molecule has 1 aliphatic carbocycles. The molecule has 7 heteroatoms. The van der Waals surface area contributed by atoms with Crippen molar-refractivity contribution in [2.24, 2.45) is 11.8 Å². The fourth-order valence-electron chi connectivity index (χ4n) is 3.65. The van der Waals surface area contributed by atoms with Crippen LogP contribution >= 0.6 is 11.6 Å². The number of fused-ring (bicyclic) bond motifs is 1. The third kappa shape index (κ3) is 2.60. The van der Waals surface area contributed by atoms with Crippen LogP contribution in [0.1, 0.15) is 31.2 Å². The van der Waals surface area contributed by atoms with Crippen LogP contribution < -0.4 is 4.90 Å². The first-order valence-corrected chi connectivity index (χ1v) is 8.53. The number of imide groups is 1. The molecule has 1 saturated heterocycles. The minimum absolute atomic E-state index is 0.148. The van der Waals surface area contributed by atoms with Gasteiger partial charge in [-0.05, 0) is 30.5 Å². The first-order valence-electron chi connectivity index (χ1n) is 8.15. The summed E-state index contributed by atoms with van der Waals surface area (Å²) in [6.07, 6.45) is 5.12. The van der Waals surface area contributed by atoms with Gasteiger partial charge in [-0.3, -0.25) is 9.59 Å². The zero-order valence-electron chi connectivity index (χ0n) is 13.1. The Labute approximate surface area is 144 Å². The van der Waals surface area contributed by atoms with E-state index >= 15 is 0 Å². The van der Waals surface area contributed by atoms with Gasteiger partial charge in [-0.2, -0.15) is 4.98 Å². The average molecular weight is 345 g/mol. The number of hydrogen-bond acceptors (Lipinski definition) is 4. The minimum Gasteiger partial charge on any atom is -0.274 e. The van der Waals surface area contributed by atoms with E-state index in [0.29, 0.717) is 11.6 Å². The molecule has 1 aromatic carbocycles. The highest BCUT2D eigenvalue weighted by Gasteiger charge is 2.50. The van der Waals surface area contributed by atoms with Crippen LogP contribution in [0.2, 0.25) is 5.02 Å². The van der Waals surface area contributed by atoms with E-state index in [4.69, 9.17) is 11.6 Å². The maximum atomic E-state index is 12.6. The Morgan fingerprint density at radius 1 is 1.12 bits per heavy atom. The molecule has 2 atom stereocenters. The third-order valence-corrected chi connectivity index (χ3v) is 5.03. The number of amides is 2. The Bertz CT molecular complexity index is 779. The van der Waals surface area contributed by atoms with Gasteiger partial charge in [0.15, 0.2) is 0 Å². The second kappa shape index (κ2) is 6.02. The van der Waals surface area contributed by atoms with Crippen LogP contribution in [0.3, 0.4) is 0 Å². The van der Waals surface area contributed by atoms with Crippen LogP contribution in [-0.4, -0.2) is 26.6 Å². The van der Waals surface area contributed by atoms with Crippen LogP contribution in [0, 0.1) is 11.8 Å². The Kier molecular flexibility index (Phi) is 3.84. The highest BCUT2D eigenvalue weighted by atomic mass is 35.5. The van der Waals surface area contributed by atoms with Crippen molar-refractivity contribution in [2.45, 2.75) is 32.2 Å². The molecule has 0 N–H and O–H groups in total. The van der Waals surface area contributed by atoms with Gasteiger partial charge in [0.25, 0.3) is 5.95 Å². The van der Waals surface area contributed by atoms with E-state index in [0.717, 1.165) is 31.2 Å². The van der Waals surface area contributed by atoms with Gasteiger partial charge in [0, 0.05) is 5.02 Å². The first-order chi connectivity index (χ1) is 11.6. The highest BCUT2D eigenvalue weighted by molar-refractivity contribution is 6.30. The summed E-state index contributed by atoms with van der Waals surface area (Å²) < 4.78 is 1.61. The standard InChI is InChI=1S/C17H17ClN4O2/c18-12-5-3-4-11(8-12)9-21-10-19-17(20-21)22-15(23)13-6-1-2-7-14(13)16(22)24/h3-5,8,10,13-14H,1-2,6-7,9H2/t13-,14+. The van der Waals surface area contributed by atoms with Crippen LogP contribution in [0.5, 0.6) is 0 Å². The third-order valence-electron chi connectivity index (χ3n) is 4.80. The largest absolute Gasteiger partial charge is 0.274 e. The Morgan fingerprint density at radius 2 is 1.83 bits per heavy atom. The van der Waals surface area contributed by atoms with Crippen LogP contribution in [0.4, 0.5) is 5.95 Å². The maximum absolute atomic E-state index is 12.6. The smallest absolute Gasteiger partial charge is 0.258 e. The summed E-state index contributed by atoms with van der Waals surface area (Å²) in [4.78, 5) is 30.5. The van der Waals surface area contributed by atoms with Crippen molar-refractivity contribution in [1.82, 2.24) is 14.8 Å². The molecule has 2 amide bonds. The molecule has 1 aliphatic heterocycles. The first kappa shape index (κ1) is 15.3. The Balaban J connectivity index is 1.56. The molecule has 4 rings (SSSR count). The van der Waals surface area contributed by atoms with Crippen molar-refractivity contribution in [1.29, 1.82) is 0 Å². The second-order valence-corrected chi connectivity index (χ2v) is 6.82. The Hall–Kier alpha value is -2.21. The van der Waals surface area contributed by atoms with Gasteiger partial charge in [0.2, 0.25) is 11.8 Å². The quantitative estimate of drug-likeness (QED) is 0.803. The Morgan fingerprint density at radius 3 is 2.50 bits per heavy atom. The monoisotopic (exact) mass is 344 g/mol. The summed E-state index contributed by atoms with van der Waals surface area (Å²) >= 11 is 5.99. The molecule has 1 saturated carbocycles. The molecule has 0 unspecified atom stereocenters. The molecule has 6 nitrogen and oxygen atoms in total. The summed E-state index contributed by atoms with van der Waals surface area (Å²) in [5.41, 5.74) is 0.978. The van der Waals surface area contributed by atoms with E-state index in [-0.39, 0.29) is 29.6 Å². The lowest BCUT2D eigenvalue weighted by molar-refractivity contribution is -0.122. The number of anilines is 1. The zero-order chi connectivity index (χ0) is 16.7. The van der Waals surface area contributed by atoms with E-state index in [9.17, 15) is 9.59 Å². The maximum Gasteiger partial charge on any atom is 0.258 e. The van der Waals surface area contributed by atoms with E-state index in [2.05, 4.69) is 10.1 Å². The summed E-state index contributed by atoms with van der Waals surface area (Å²) in [5, 5.41) is 4.98. The van der Waals surface area contributed by atoms with Crippen molar-refractivity contribution in [3.05, 3.63) is 41.2 Å². The lowest BCUT2D eigenvalue weighted by Crippen LogP contribution is -2.32. The van der Waals surface area contributed by atoms with Crippen molar-refractivity contribution in [3.8, 4) is 0 Å². The molecule has 2 aromatic rings. The molecule has 2 heterocycles. The summed E-state index contributed by atoms with van der Waals surface area (Å²) in [7, 11) is 0. The predicted molar refractivity (Wildman–Crippen MR) is 88.5 cm³/mol. The van der Waals surface area contributed by atoms with Crippen LogP contribution in [-0.2, 0) is 16.1 Å². The second-order valence-electron chi connectivity index (χ2n) is 6.38. The van der Waals surface area contributed by atoms with Crippen molar-refractivity contribution < 1.29 is 9.59 Å². The molecule has 24 heavy (non-hydrogen) atoms. The topological polar surface area (TPSA) is 68.1 Å². The number of carbonyl (C=O) groups excluding carboxylic acids is 2. The number of rotatable bonds is 3. The van der Waals surface area contributed by atoms with Crippen LogP contribution in [0.15, 0.2) is 30.6 Å². The number of aromatic nitrogens is 3. The van der Waals surface area contributed by atoms with Gasteiger partial charge in [-0.15, -0.1) is 5.10 Å². The summed E-state index contributed by atoms with van der Waals surface area (Å²) in [6, 6.07) is 7.46. The molecule has 124 valence electrons. The molecule has 2 fully saturated rings. The van der Waals surface area contributed by atoms with E-state index < -0.39 is 0 Å². The number of benzene rings is 1. The summed E-state index contributed by atoms with van der Waals surface area (Å²) in [6.45, 7) is 0.483. The molecule has 1 aromatic heterocycles. The highest BCUT2D eigenvalue weighted by Crippen LogP contribution is 2.39. The molecule has 0 bridgehead atoms. The molecule has 0 spiro atoms. The number of carbonyl (C=O) groups is 2. The number of hydrogen-bond donors (Lipinski definition) is 0. The fraction of sp³-hybridized carbons (Fsp3) is 0.412. The lowest BCUT2D eigenvalue weighted by Gasteiger charge is -2.19. The predicted octanol–water partition coefficient (Wildman–Crippen LogP) is 2.66. The van der Waals surface area contributed by atoms with Crippen molar-refractivity contribution in [2.75, 3.05) is 4.90 Å². The molecular formula is C17H17ClN4O2. The van der Waals surface area contributed by atoms with Gasteiger partial charge in [0.05, 0.1) is 18.4 Å². The van der Waals surface area contributed by atoms with Crippen LogP contribution in [0.25, 0.3) is 0 Å². The van der Waals surface area contributed by atoms with Crippen molar-refractivity contribution >= 4 is 29.4 Å². The fourth-order valence-corrected chi connectivity index (χ4v) is 3.86. The van der Waals surface area contributed by atoms with Crippen molar-refractivity contribution in [3.63, 3.8) is 0 Å². The van der Waals surface area contributed by atoms with E-state index in [1.54, 1.807) is 17.1 Å². The normalized spacial score (nSPS) is 23.6. The lowest BCUT2D eigenvalue weighted by atomic mass is 9.81. The van der Waals surface area contributed by atoms with E-state index in [1.165, 1.54) is 4.90 Å². The van der Waals surface area contributed by atoms with Gasteiger partial charge in [-0.1, -0.05) is 36.6 Å². The average Bonchev–Trinajstić information content (AvgIpc) is 3.11. The number of nitrogens with zero attached hydrogens (tertiary/aromatic N) is 4. The molecule has 2 aliphatic rings. The molecular weight excluding hydrogens is 328 g/mol. The molecule has 0 radical (unpaired) electrons. The number of halogens is 1. The van der Waals surface area contributed by atoms with Gasteiger partial charge in [-0.25, -0.2) is 9.58 Å². The summed E-state index contributed by atoms with van der Waals surface area (Å²) in [5.74, 6) is -0.492. The van der Waals surface area contributed by atoms with Gasteiger partial charge in [0.1, 0.15) is 6.33 Å². The zero-order valence-corrected chi connectivity index (χ0v) is 13.8.